The third kappa shape index (κ3) is 2.05. The van der Waals surface area contributed by atoms with Gasteiger partial charge in [0.2, 0.25) is 0 Å². The van der Waals surface area contributed by atoms with E-state index in [2.05, 4.69) is 15.0 Å². The van der Waals surface area contributed by atoms with Crippen molar-refractivity contribution in [1.29, 1.82) is 0 Å². The number of hydrogen-bond acceptors (Lipinski definition) is 3. The van der Waals surface area contributed by atoms with Gasteiger partial charge in [0.1, 0.15) is 11.5 Å². The van der Waals surface area contributed by atoms with E-state index in [9.17, 15) is 14.0 Å². The van der Waals surface area contributed by atoms with Crippen LogP contribution in [0.4, 0.5) is 4.39 Å². The molecule has 0 spiro atoms. The Morgan fingerprint density at radius 3 is 2.63 bits per heavy atom. The molecule has 0 aliphatic heterocycles. The van der Waals surface area contributed by atoms with Gasteiger partial charge in [-0.05, 0) is 17.7 Å². The summed E-state index contributed by atoms with van der Waals surface area (Å²) >= 11 is 0. The average molecular weight is 260 g/mol. The molecule has 3 aromatic rings. The van der Waals surface area contributed by atoms with E-state index in [1.54, 1.807) is 16.7 Å². The predicted octanol–water partition coefficient (Wildman–Crippen LogP) is 0.600. The van der Waals surface area contributed by atoms with Crippen molar-refractivity contribution in [2.75, 3.05) is 0 Å². The Hall–Kier alpha value is -2.70. The summed E-state index contributed by atoms with van der Waals surface area (Å²) in [7, 11) is 0. The Kier molecular flexibility index (Phi) is 2.52. The first-order valence-electron chi connectivity index (χ1n) is 5.55. The summed E-state index contributed by atoms with van der Waals surface area (Å²) in [6, 6.07) is 5.97. The van der Waals surface area contributed by atoms with Gasteiger partial charge in [-0.15, -0.1) is 0 Å². The summed E-state index contributed by atoms with van der Waals surface area (Å²) in [5, 5.41) is 0. The number of imidazole rings is 1. The lowest BCUT2D eigenvalue weighted by Gasteiger charge is -2.03. The Morgan fingerprint density at radius 1 is 1.16 bits per heavy atom. The van der Waals surface area contributed by atoms with E-state index in [0.717, 1.165) is 5.56 Å². The lowest BCUT2D eigenvalue weighted by molar-refractivity contribution is 0.626. The number of fused-ring (bicyclic) bond motifs is 1. The zero-order chi connectivity index (χ0) is 13.4. The third-order valence-corrected chi connectivity index (χ3v) is 2.78. The molecule has 0 radical (unpaired) electrons. The fourth-order valence-corrected chi connectivity index (χ4v) is 1.89. The van der Waals surface area contributed by atoms with Crippen LogP contribution in [0.1, 0.15) is 5.56 Å². The van der Waals surface area contributed by atoms with Crippen LogP contribution in [0.25, 0.3) is 11.2 Å². The van der Waals surface area contributed by atoms with E-state index < -0.39 is 11.2 Å². The van der Waals surface area contributed by atoms with Crippen LogP contribution < -0.4 is 11.2 Å². The highest BCUT2D eigenvalue weighted by Gasteiger charge is 2.08. The monoisotopic (exact) mass is 260 g/mol. The number of H-pyrrole nitrogens is 2. The summed E-state index contributed by atoms with van der Waals surface area (Å²) in [6.45, 7) is 0.385. The summed E-state index contributed by atoms with van der Waals surface area (Å²) < 4.78 is 14.4. The van der Waals surface area contributed by atoms with Crippen molar-refractivity contribution < 1.29 is 4.39 Å². The van der Waals surface area contributed by atoms with Crippen LogP contribution >= 0.6 is 0 Å². The lowest BCUT2D eigenvalue weighted by Crippen LogP contribution is -2.22. The van der Waals surface area contributed by atoms with Gasteiger partial charge in [0.25, 0.3) is 5.56 Å². The van der Waals surface area contributed by atoms with Crippen molar-refractivity contribution in [3.8, 4) is 0 Å². The number of nitrogens with one attached hydrogen (secondary N) is 2. The highest BCUT2D eigenvalue weighted by molar-refractivity contribution is 5.68. The Balaban J connectivity index is 2.08. The maximum atomic E-state index is 12.8. The second-order valence-electron chi connectivity index (χ2n) is 4.10. The highest BCUT2D eigenvalue weighted by atomic mass is 19.1. The minimum absolute atomic E-state index is 0.168. The number of benzene rings is 1. The maximum Gasteiger partial charge on any atom is 0.327 e. The van der Waals surface area contributed by atoms with E-state index in [0.29, 0.717) is 12.2 Å². The molecule has 2 N–H and O–H groups in total. The molecule has 96 valence electrons. The van der Waals surface area contributed by atoms with Gasteiger partial charge in [-0.2, -0.15) is 0 Å². The second kappa shape index (κ2) is 4.20. The van der Waals surface area contributed by atoms with Gasteiger partial charge in [-0.3, -0.25) is 14.8 Å². The second-order valence-corrected chi connectivity index (χ2v) is 4.10. The molecule has 0 saturated heterocycles. The lowest BCUT2D eigenvalue weighted by atomic mass is 10.2. The molecule has 0 saturated carbocycles. The Morgan fingerprint density at radius 2 is 1.89 bits per heavy atom. The molecule has 0 aliphatic carbocycles. The molecular weight excluding hydrogens is 251 g/mol. The van der Waals surface area contributed by atoms with Gasteiger partial charge in [0.15, 0.2) is 5.52 Å². The van der Waals surface area contributed by atoms with Gasteiger partial charge in [0.05, 0.1) is 12.9 Å². The fourth-order valence-electron chi connectivity index (χ4n) is 1.89. The van der Waals surface area contributed by atoms with Crippen LogP contribution in [-0.4, -0.2) is 19.5 Å². The summed E-state index contributed by atoms with van der Waals surface area (Å²) in [5.41, 5.74) is 0.233. The minimum atomic E-state index is -0.585. The molecule has 2 aromatic heterocycles. The van der Waals surface area contributed by atoms with Gasteiger partial charge in [-0.1, -0.05) is 12.1 Å². The van der Waals surface area contributed by atoms with Crippen molar-refractivity contribution in [3.05, 3.63) is 62.8 Å². The zero-order valence-corrected chi connectivity index (χ0v) is 9.68. The molecule has 2 heterocycles. The number of rotatable bonds is 2. The van der Waals surface area contributed by atoms with Crippen LogP contribution in [0.15, 0.2) is 40.2 Å². The van der Waals surface area contributed by atoms with Crippen LogP contribution in [0, 0.1) is 5.82 Å². The van der Waals surface area contributed by atoms with E-state index in [4.69, 9.17) is 0 Å². The Labute approximate surface area is 105 Å². The third-order valence-electron chi connectivity index (χ3n) is 2.78. The number of halogens is 1. The quantitative estimate of drug-likeness (QED) is 0.707. The Bertz CT molecular complexity index is 845. The molecule has 0 bridgehead atoms. The first-order chi connectivity index (χ1) is 9.13. The maximum absolute atomic E-state index is 12.8. The molecule has 0 atom stereocenters. The van der Waals surface area contributed by atoms with Crippen molar-refractivity contribution in [3.63, 3.8) is 0 Å². The standard InChI is InChI=1S/C12H9FN4O2/c13-8-3-1-7(2-4-8)5-17-6-14-9-10(17)15-12(19)16-11(9)18/h1-4,6H,5H2,(H2,15,16,18,19). The van der Waals surface area contributed by atoms with Crippen LogP contribution in [0.3, 0.4) is 0 Å². The summed E-state index contributed by atoms with van der Waals surface area (Å²) in [5.74, 6) is -0.316. The van der Waals surface area contributed by atoms with Gasteiger partial charge < -0.3 is 4.57 Å². The molecule has 3 rings (SSSR count). The molecule has 0 amide bonds. The largest absolute Gasteiger partial charge is 0.327 e. The first kappa shape index (κ1) is 11.4. The number of aromatic nitrogens is 4. The first-order valence-corrected chi connectivity index (χ1v) is 5.55. The number of hydrogen-bond donors (Lipinski definition) is 2. The molecular formula is C12H9FN4O2. The minimum Gasteiger partial charge on any atom is -0.312 e. The molecule has 19 heavy (non-hydrogen) atoms. The van der Waals surface area contributed by atoms with Crippen LogP contribution in [0.5, 0.6) is 0 Å². The fraction of sp³-hybridized carbons (Fsp3) is 0.0833. The zero-order valence-electron chi connectivity index (χ0n) is 9.68. The summed E-state index contributed by atoms with van der Waals surface area (Å²) in [6.07, 6.45) is 1.46. The SMILES string of the molecule is O=c1[nH]c(=O)c2ncn(Cc3ccc(F)cc3)c2[nH]1. The van der Waals surface area contributed by atoms with Gasteiger partial charge in [-0.25, -0.2) is 14.2 Å². The molecule has 0 unspecified atom stereocenters. The molecule has 1 aromatic carbocycles. The smallest absolute Gasteiger partial charge is 0.312 e. The predicted molar refractivity (Wildman–Crippen MR) is 66.5 cm³/mol. The molecule has 7 heteroatoms. The van der Waals surface area contributed by atoms with Gasteiger partial charge in [0, 0.05) is 0 Å². The van der Waals surface area contributed by atoms with Gasteiger partial charge >= 0.3 is 5.69 Å². The van der Waals surface area contributed by atoms with E-state index in [1.165, 1.54) is 18.5 Å². The van der Waals surface area contributed by atoms with E-state index >= 15 is 0 Å². The summed E-state index contributed by atoms with van der Waals surface area (Å²) in [4.78, 5) is 31.3. The average Bonchev–Trinajstić information content (AvgIpc) is 2.76. The van der Waals surface area contributed by atoms with E-state index in [-0.39, 0.29) is 11.3 Å². The highest BCUT2D eigenvalue weighted by Crippen LogP contribution is 2.09. The van der Waals surface area contributed by atoms with E-state index in [1.807, 2.05) is 0 Å². The van der Waals surface area contributed by atoms with Crippen molar-refractivity contribution >= 4 is 11.2 Å². The number of nitrogens with zero attached hydrogens (tertiary/aromatic N) is 2. The van der Waals surface area contributed by atoms with Crippen molar-refractivity contribution in [1.82, 2.24) is 19.5 Å². The molecule has 0 aliphatic rings. The van der Waals surface area contributed by atoms with Crippen molar-refractivity contribution in [2.45, 2.75) is 6.54 Å². The normalized spacial score (nSPS) is 11.0. The van der Waals surface area contributed by atoms with Crippen molar-refractivity contribution in [2.24, 2.45) is 0 Å². The molecule has 0 fully saturated rings. The molecule has 6 nitrogen and oxygen atoms in total. The number of aromatic amines is 2. The van der Waals surface area contributed by atoms with Crippen LogP contribution in [-0.2, 0) is 6.54 Å². The van der Waals surface area contributed by atoms with Crippen LogP contribution in [0.2, 0.25) is 0 Å². The topological polar surface area (TPSA) is 83.5 Å².